The number of benzene rings is 2. The Morgan fingerprint density at radius 3 is 1.92 bits per heavy atom. The molecule has 0 spiro atoms. The van der Waals surface area contributed by atoms with Crippen LogP contribution in [0, 0.1) is 11.3 Å². The Labute approximate surface area is 140 Å². The fraction of sp³-hybridized carbons (Fsp3) is 0.188. The molecule has 2 aromatic carbocycles. The number of rotatable bonds is 6. The van der Waals surface area contributed by atoms with E-state index in [1.165, 1.54) is 57.7 Å². The highest BCUT2D eigenvalue weighted by atomic mass is 32.2. The van der Waals surface area contributed by atoms with Crippen LogP contribution in [0.1, 0.15) is 5.56 Å². The molecule has 0 aliphatic heterocycles. The summed E-state index contributed by atoms with van der Waals surface area (Å²) in [5.41, 5.74) is 0.635. The topological polar surface area (TPSA) is 97.7 Å². The molecule has 7 nitrogen and oxygen atoms in total. The fourth-order valence-corrected chi connectivity index (χ4v) is 3.10. The minimum Gasteiger partial charge on any atom is -0.493 e. The van der Waals surface area contributed by atoms with Gasteiger partial charge in [0, 0.05) is 12.1 Å². The Hall–Kier alpha value is -2.92. The number of anilines is 1. The molecule has 2 rings (SSSR count). The lowest BCUT2D eigenvalue weighted by molar-refractivity contribution is 0.325. The van der Waals surface area contributed by atoms with Crippen molar-refractivity contribution in [1.82, 2.24) is 0 Å². The lowest BCUT2D eigenvalue weighted by Crippen LogP contribution is -2.13. The van der Waals surface area contributed by atoms with Crippen LogP contribution in [0.5, 0.6) is 17.2 Å². The smallest absolute Gasteiger partial charge is 0.261 e. The van der Waals surface area contributed by atoms with Crippen molar-refractivity contribution in [2.45, 2.75) is 4.90 Å². The predicted molar refractivity (Wildman–Crippen MR) is 88.1 cm³/mol. The number of hydrogen-bond acceptors (Lipinski definition) is 6. The molecule has 0 radical (unpaired) electrons. The lowest BCUT2D eigenvalue weighted by atomic mass is 10.2. The van der Waals surface area contributed by atoms with Gasteiger partial charge in [0.15, 0.2) is 11.5 Å². The van der Waals surface area contributed by atoms with Crippen LogP contribution in [0.15, 0.2) is 41.3 Å². The summed E-state index contributed by atoms with van der Waals surface area (Å²) in [4.78, 5) is 0.0373. The number of hydrogen-bond donors (Lipinski definition) is 1. The van der Waals surface area contributed by atoms with E-state index in [0.717, 1.165) is 0 Å². The van der Waals surface area contributed by atoms with E-state index in [0.29, 0.717) is 22.8 Å². The summed E-state index contributed by atoms with van der Waals surface area (Å²) in [5, 5.41) is 8.78. The summed E-state index contributed by atoms with van der Waals surface area (Å²) >= 11 is 0. The van der Waals surface area contributed by atoms with E-state index >= 15 is 0 Å². The van der Waals surface area contributed by atoms with Gasteiger partial charge in [0.2, 0.25) is 5.75 Å². The second-order valence-electron chi connectivity index (χ2n) is 4.66. The molecule has 0 aromatic heterocycles. The maximum Gasteiger partial charge on any atom is 0.261 e. The third-order valence-electron chi connectivity index (χ3n) is 3.21. The van der Waals surface area contributed by atoms with E-state index in [9.17, 15) is 8.42 Å². The summed E-state index contributed by atoms with van der Waals surface area (Å²) in [6, 6.07) is 10.5. The molecule has 0 saturated heterocycles. The molecule has 0 aliphatic carbocycles. The van der Waals surface area contributed by atoms with Crippen LogP contribution in [-0.4, -0.2) is 29.7 Å². The average molecular weight is 348 g/mol. The van der Waals surface area contributed by atoms with Gasteiger partial charge in [0.25, 0.3) is 10.0 Å². The third kappa shape index (κ3) is 3.52. The molecule has 8 heteroatoms. The minimum absolute atomic E-state index is 0.0373. The first kappa shape index (κ1) is 17.4. The lowest BCUT2D eigenvalue weighted by Gasteiger charge is -2.15. The summed E-state index contributed by atoms with van der Waals surface area (Å²) < 4.78 is 42.9. The van der Waals surface area contributed by atoms with Crippen LogP contribution in [-0.2, 0) is 10.0 Å². The zero-order valence-corrected chi connectivity index (χ0v) is 14.2. The van der Waals surface area contributed by atoms with Crippen molar-refractivity contribution in [3.63, 3.8) is 0 Å². The van der Waals surface area contributed by atoms with E-state index < -0.39 is 10.0 Å². The largest absolute Gasteiger partial charge is 0.493 e. The monoisotopic (exact) mass is 348 g/mol. The molecular formula is C16H16N2O5S. The summed E-state index contributed by atoms with van der Waals surface area (Å²) in [6.07, 6.45) is 0. The van der Waals surface area contributed by atoms with Gasteiger partial charge in [0.05, 0.1) is 43.5 Å². The van der Waals surface area contributed by atoms with Gasteiger partial charge in [-0.2, -0.15) is 5.26 Å². The molecule has 0 bridgehead atoms. The molecule has 0 aliphatic rings. The van der Waals surface area contributed by atoms with Crippen molar-refractivity contribution in [3.05, 3.63) is 42.0 Å². The molecule has 0 fully saturated rings. The van der Waals surface area contributed by atoms with Gasteiger partial charge >= 0.3 is 0 Å². The molecule has 24 heavy (non-hydrogen) atoms. The van der Waals surface area contributed by atoms with Crippen molar-refractivity contribution in [1.29, 1.82) is 5.26 Å². The van der Waals surface area contributed by atoms with Crippen molar-refractivity contribution < 1.29 is 22.6 Å². The molecule has 0 amide bonds. The normalized spacial score (nSPS) is 10.6. The molecule has 1 N–H and O–H groups in total. The second kappa shape index (κ2) is 7.10. The van der Waals surface area contributed by atoms with E-state index in [4.69, 9.17) is 19.5 Å². The first-order valence-electron chi connectivity index (χ1n) is 6.78. The van der Waals surface area contributed by atoms with Gasteiger partial charge in [-0.1, -0.05) is 0 Å². The first-order chi connectivity index (χ1) is 11.4. The fourth-order valence-electron chi connectivity index (χ4n) is 2.06. The van der Waals surface area contributed by atoms with Crippen LogP contribution in [0.3, 0.4) is 0 Å². The zero-order valence-electron chi connectivity index (χ0n) is 13.4. The number of nitriles is 1. The van der Waals surface area contributed by atoms with Gasteiger partial charge in [0.1, 0.15) is 0 Å². The quantitative estimate of drug-likeness (QED) is 0.861. The van der Waals surface area contributed by atoms with Gasteiger partial charge < -0.3 is 14.2 Å². The Morgan fingerprint density at radius 1 is 0.958 bits per heavy atom. The van der Waals surface area contributed by atoms with Crippen LogP contribution >= 0.6 is 0 Å². The predicted octanol–water partition coefficient (Wildman–Crippen LogP) is 2.38. The van der Waals surface area contributed by atoms with Crippen LogP contribution in [0.4, 0.5) is 5.69 Å². The SMILES string of the molecule is COc1cc(NS(=O)(=O)c2ccc(C#N)cc2)cc(OC)c1OC. The molecule has 0 unspecified atom stereocenters. The standard InChI is InChI=1S/C16H16N2O5S/c1-21-14-8-12(9-15(22-2)16(14)23-3)18-24(19,20)13-6-4-11(10-17)5-7-13/h4-9,18H,1-3H3. The highest BCUT2D eigenvalue weighted by Crippen LogP contribution is 2.40. The van der Waals surface area contributed by atoms with Gasteiger partial charge in [-0.25, -0.2) is 8.42 Å². The van der Waals surface area contributed by atoms with Crippen molar-refractivity contribution in [2.75, 3.05) is 26.1 Å². The van der Waals surface area contributed by atoms with Crippen molar-refractivity contribution in [3.8, 4) is 23.3 Å². The molecule has 0 heterocycles. The Balaban J connectivity index is 2.40. The summed E-state index contributed by atoms with van der Waals surface area (Å²) in [5.74, 6) is 1.02. The van der Waals surface area contributed by atoms with E-state index in [1.54, 1.807) is 0 Å². The van der Waals surface area contributed by atoms with E-state index in [1.807, 2.05) is 6.07 Å². The van der Waals surface area contributed by atoms with Crippen molar-refractivity contribution >= 4 is 15.7 Å². The number of nitrogens with zero attached hydrogens (tertiary/aromatic N) is 1. The number of nitrogens with one attached hydrogen (secondary N) is 1. The van der Waals surface area contributed by atoms with Crippen molar-refractivity contribution in [2.24, 2.45) is 0 Å². The zero-order chi connectivity index (χ0) is 17.7. The molecule has 126 valence electrons. The van der Waals surface area contributed by atoms with Crippen LogP contribution in [0.2, 0.25) is 0 Å². The Morgan fingerprint density at radius 2 is 1.50 bits per heavy atom. The van der Waals surface area contributed by atoms with Gasteiger partial charge in [-0.15, -0.1) is 0 Å². The van der Waals surface area contributed by atoms with E-state index in [2.05, 4.69) is 4.72 Å². The molecule has 2 aromatic rings. The first-order valence-corrected chi connectivity index (χ1v) is 8.26. The highest BCUT2D eigenvalue weighted by Gasteiger charge is 2.18. The van der Waals surface area contributed by atoms with Gasteiger partial charge in [-0.3, -0.25) is 4.72 Å². The number of ether oxygens (including phenoxy) is 3. The summed E-state index contributed by atoms with van der Waals surface area (Å²) in [7, 11) is 0.521. The highest BCUT2D eigenvalue weighted by molar-refractivity contribution is 7.92. The molecule has 0 atom stereocenters. The summed E-state index contributed by atoms with van der Waals surface area (Å²) in [6.45, 7) is 0. The maximum atomic E-state index is 12.4. The van der Waals surface area contributed by atoms with Crippen LogP contribution < -0.4 is 18.9 Å². The minimum atomic E-state index is -3.82. The third-order valence-corrected chi connectivity index (χ3v) is 4.61. The molecular weight excluding hydrogens is 332 g/mol. The molecule has 0 saturated carbocycles. The maximum absolute atomic E-state index is 12.4. The number of sulfonamides is 1. The van der Waals surface area contributed by atoms with E-state index in [-0.39, 0.29) is 10.6 Å². The Bertz CT molecular complexity index is 845. The van der Waals surface area contributed by atoms with Crippen LogP contribution in [0.25, 0.3) is 0 Å². The Kier molecular flexibility index (Phi) is 5.16. The number of methoxy groups -OCH3 is 3. The second-order valence-corrected chi connectivity index (χ2v) is 6.34. The van der Waals surface area contributed by atoms with Gasteiger partial charge in [-0.05, 0) is 24.3 Å². The average Bonchev–Trinajstić information content (AvgIpc) is 2.60.